The first kappa shape index (κ1) is 8.16. The van der Waals surface area contributed by atoms with E-state index in [1.165, 1.54) is 49.3 Å². The van der Waals surface area contributed by atoms with Crippen LogP contribution in [0.25, 0.3) is 0 Å². The minimum absolute atomic E-state index is 1.11. The van der Waals surface area contributed by atoms with Crippen LogP contribution < -0.4 is 10.2 Å². The first-order chi connectivity index (χ1) is 6.95. The van der Waals surface area contributed by atoms with Crippen LogP contribution in [0.5, 0.6) is 0 Å². The fourth-order valence-corrected chi connectivity index (χ4v) is 2.54. The molecule has 0 amide bonds. The van der Waals surface area contributed by atoms with Gasteiger partial charge in [-0.05, 0) is 30.9 Å². The Balaban J connectivity index is 2.00. The van der Waals surface area contributed by atoms with E-state index in [0.29, 0.717) is 0 Å². The number of hydrogen-bond acceptors (Lipinski definition) is 2. The third-order valence-corrected chi connectivity index (χ3v) is 3.27. The highest BCUT2D eigenvalue weighted by Gasteiger charge is 2.19. The average Bonchev–Trinajstić information content (AvgIpc) is 2.88. The van der Waals surface area contributed by atoms with Crippen molar-refractivity contribution in [3.05, 3.63) is 23.8 Å². The number of benzene rings is 1. The van der Waals surface area contributed by atoms with Crippen LogP contribution in [0.3, 0.4) is 0 Å². The lowest BCUT2D eigenvalue weighted by molar-refractivity contribution is 0.949. The molecule has 1 fully saturated rings. The molecule has 0 unspecified atom stereocenters. The Labute approximate surface area is 84.9 Å². The number of nitrogens with zero attached hydrogens (tertiary/aromatic N) is 1. The van der Waals surface area contributed by atoms with Gasteiger partial charge in [0.05, 0.1) is 11.4 Å². The van der Waals surface area contributed by atoms with Crippen molar-refractivity contribution in [1.29, 1.82) is 0 Å². The normalized spacial score (nSPS) is 19.6. The van der Waals surface area contributed by atoms with Crippen molar-refractivity contribution < 1.29 is 0 Å². The summed E-state index contributed by atoms with van der Waals surface area (Å²) in [7, 11) is 0. The molecule has 1 saturated heterocycles. The smallest absolute Gasteiger partial charge is 0.0611 e. The number of hydrogen-bond donors (Lipinski definition) is 1. The lowest BCUT2D eigenvalue weighted by Gasteiger charge is -2.20. The van der Waals surface area contributed by atoms with Crippen molar-refractivity contribution in [3.63, 3.8) is 0 Å². The number of fused-ring (bicyclic) bond motifs is 1. The van der Waals surface area contributed by atoms with Crippen molar-refractivity contribution in [2.24, 2.45) is 0 Å². The fourth-order valence-electron chi connectivity index (χ4n) is 2.54. The predicted molar refractivity (Wildman–Crippen MR) is 60.1 cm³/mol. The second kappa shape index (κ2) is 3.19. The SMILES string of the molecule is c1cc2c(c(N3CCCC3)c1)NCC2. The molecule has 0 radical (unpaired) electrons. The Morgan fingerprint density at radius 2 is 2.00 bits per heavy atom. The molecule has 2 nitrogen and oxygen atoms in total. The summed E-state index contributed by atoms with van der Waals surface area (Å²) in [6.45, 7) is 3.58. The molecule has 2 heterocycles. The quantitative estimate of drug-likeness (QED) is 0.727. The Hall–Kier alpha value is -1.18. The lowest BCUT2D eigenvalue weighted by Crippen LogP contribution is -2.18. The van der Waals surface area contributed by atoms with Crippen LogP contribution in [-0.4, -0.2) is 19.6 Å². The van der Waals surface area contributed by atoms with Crippen LogP contribution in [0.4, 0.5) is 11.4 Å². The second-order valence-electron chi connectivity index (χ2n) is 4.18. The van der Waals surface area contributed by atoms with Gasteiger partial charge in [-0.2, -0.15) is 0 Å². The molecule has 2 aliphatic heterocycles. The van der Waals surface area contributed by atoms with Gasteiger partial charge in [0.25, 0.3) is 0 Å². The van der Waals surface area contributed by atoms with E-state index in [4.69, 9.17) is 0 Å². The molecule has 0 saturated carbocycles. The molecule has 0 aromatic heterocycles. The highest BCUT2D eigenvalue weighted by molar-refractivity contribution is 5.76. The van der Waals surface area contributed by atoms with Gasteiger partial charge in [-0.1, -0.05) is 12.1 Å². The maximum absolute atomic E-state index is 3.50. The highest BCUT2D eigenvalue weighted by Crippen LogP contribution is 2.34. The average molecular weight is 188 g/mol. The van der Waals surface area contributed by atoms with Crippen LogP contribution >= 0.6 is 0 Å². The standard InChI is InChI=1S/C12H16N2/c1-2-9-14(8-1)11-5-3-4-10-6-7-13-12(10)11/h3-5,13H,1-2,6-9H2. The monoisotopic (exact) mass is 188 g/mol. The molecule has 0 spiro atoms. The van der Waals surface area contributed by atoms with E-state index in [-0.39, 0.29) is 0 Å². The number of nitrogens with one attached hydrogen (secondary N) is 1. The van der Waals surface area contributed by atoms with Crippen LogP contribution in [0.1, 0.15) is 18.4 Å². The van der Waals surface area contributed by atoms with Gasteiger partial charge in [-0.25, -0.2) is 0 Å². The fraction of sp³-hybridized carbons (Fsp3) is 0.500. The molecule has 1 N–H and O–H groups in total. The maximum Gasteiger partial charge on any atom is 0.0611 e. The molecule has 2 aliphatic rings. The zero-order valence-corrected chi connectivity index (χ0v) is 8.42. The van der Waals surface area contributed by atoms with E-state index in [1.54, 1.807) is 0 Å². The summed E-state index contributed by atoms with van der Waals surface area (Å²) >= 11 is 0. The van der Waals surface area contributed by atoms with Gasteiger partial charge in [-0.3, -0.25) is 0 Å². The molecule has 0 aliphatic carbocycles. The van der Waals surface area contributed by atoms with Gasteiger partial charge in [0, 0.05) is 19.6 Å². The van der Waals surface area contributed by atoms with E-state index < -0.39 is 0 Å². The van der Waals surface area contributed by atoms with Crippen molar-refractivity contribution >= 4 is 11.4 Å². The van der Waals surface area contributed by atoms with Crippen LogP contribution in [0.15, 0.2) is 18.2 Å². The Morgan fingerprint density at radius 3 is 2.86 bits per heavy atom. The van der Waals surface area contributed by atoms with Crippen LogP contribution in [-0.2, 0) is 6.42 Å². The summed E-state index contributed by atoms with van der Waals surface area (Å²) in [6.07, 6.45) is 3.89. The molecular formula is C12H16N2. The zero-order chi connectivity index (χ0) is 9.38. The largest absolute Gasteiger partial charge is 0.383 e. The third-order valence-electron chi connectivity index (χ3n) is 3.27. The molecule has 1 aromatic rings. The first-order valence-electron chi connectivity index (χ1n) is 5.56. The predicted octanol–water partition coefficient (Wildman–Crippen LogP) is 2.25. The van der Waals surface area contributed by atoms with Gasteiger partial charge in [0.15, 0.2) is 0 Å². The molecule has 14 heavy (non-hydrogen) atoms. The van der Waals surface area contributed by atoms with E-state index in [1.807, 2.05) is 0 Å². The number of para-hydroxylation sites is 1. The summed E-state index contributed by atoms with van der Waals surface area (Å²) in [6, 6.07) is 6.69. The Bertz CT molecular complexity index is 340. The Kier molecular flexibility index (Phi) is 1.86. The lowest BCUT2D eigenvalue weighted by atomic mass is 10.1. The molecule has 2 heteroatoms. The summed E-state index contributed by atoms with van der Waals surface area (Å²) < 4.78 is 0. The van der Waals surface area contributed by atoms with E-state index in [9.17, 15) is 0 Å². The van der Waals surface area contributed by atoms with Gasteiger partial charge < -0.3 is 10.2 Å². The van der Waals surface area contributed by atoms with Gasteiger partial charge >= 0.3 is 0 Å². The highest BCUT2D eigenvalue weighted by atomic mass is 15.2. The van der Waals surface area contributed by atoms with Gasteiger partial charge in [0.1, 0.15) is 0 Å². The summed E-state index contributed by atoms with van der Waals surface area (Å²) in [5.74, 6) is 0. The van der Waals surface area contributed by atoms with Crippen LogP contribution in [0.2, 0.25) is 0 Å². The van der Waals surface area contributed by atoms with Crippen molar-refractivity contribution in [1.82, 2.24) is 0 Å². The van der Waals surface area contributed by atoms with Gasteiger partial charge in [0.2, 0.25) is 0 Å². The molecular weight excluding hydrogens is 172 g/mol. The molecule has 3 rings (SSSR count). The minimum Gasteiger partial charge on any atom is -0.383 e. The van der Waals surface area contributed by atoms with Crippen molar-refractivity contribution in [3.8, 4) is 0 Å². The number of anilines is 2. The van der Waals surface area contributed by atoms with Gasteiger partial charge in [-0.15, -0.1) is 0 Å². The van der Waals surface area contributed by atoms with Crippen molar-refractivity contribution in [2.75, 3.05) is 29.9 Å². The van der Waals surface area contributed by atoms with E-state index >= 15 is 0 Å². The molecule has 1 aromatic carbocycles. The molecule has 0 bridgehead atoms. The number of rotatable bonds is 1. The second-order valence-corrected chi connectivity index (χ2v) is 4.18. The zero-order valence-electron chi connectivity index (χ0n) is 8.42. The third kappa shape index (κ3) is 1.17. The topological polar surface area (TPSA) is 15.3 Å². The first-order valence-corrected chi connectivity index (χ1v) is 5.56. The Morgan fingerprint density at radius 1 is 1.14 bits per heavy atom. The summed E-state index contributed by atoms with van der Waals surface area (Å²) in [5, 5.41) is 3.50. The molecule has 0 atom stereocenters. The van der Waals surface area contributed by atoms with Crippen molar-refractivity contribution in [2.45, 2.75) is 19.3 Å². The minimum atomic E-state index is 1.11. The van der Waals surface area contributed by atoms with E-state index in [2.05, 4.69) is 28.4 Å². The molecule has 74 valence electrons. The summed E-state index contributed by atoms with van der Waals surface area (Å²) in [5.41, 5.74) is 4.32. The maximum atomic E-state index is 3.50. The van der Waals surface area contributed by atoms with Crippen LogP contribution in [0, 0.1) is 0 Å². The summed E-state index contributed by atoms with van der Waals surface area (Å²) in [4.78, 5) is 2.51. The van der Waals surface area contributed by atoms with E-state index in [0.717, 1.165) is 6.54 Å².